The van der Waals surface area contributed by atoms with Crippen LogP contribution in [0, 0.1) is 3.57 Å². The van der Waals surface area contributed by atoms with E-state index in [1.807, 2.05) is 22.6 Å². The second kappa shape index (κ2) is 6.12. The molecule has 0 aliphatic carbocycles. The number of hydrazone groups is 1. The molecular formula is C13H13IN4O3. The number of carbonyl (C=O) groups is 1. The number of phenols is 2. The van der Waals surface area contributed by atoms with E-state index >= 15 is 0 Å². The number of benzene rings is 1. The summed E-state index contributed by atoms with van der Waals surface area (Å²) in [6.07, 6.45) is 1.72. The highest BCUT2D eigenvalue weighted by Gasteiger charge is 2.14. The van der Waals surface area contributed by atoms with E-state index in [0.717, 1.165) is 0 Å². The van der Waals surface area contributed by atoms with Crippen LogP contribution in [0.1, 0.15) is 23.0 Å². The first-order chi connectivity index (χ1) is 9.88. The average Bonchev–Trinajstić information content (AvgIpc) is 2.77. The van der Waals surface area contributed by atoms with E-state index in [4.69, 9.17) is 0 Å². The minimum absolute atomic E-state index is 0.00273. The SMILES string of the molecule is C/C(=N\NC(=O)c1nn(C)cc1I)c1cc(O)ccc1O. The molecule has 2 rings (SSSR count). The van der Waals surface area contributed by atoms with Gasteiger partial charge in [0.2, 0.25) is 0 Å². The maximum absolute atomic E-state index is 12.0. The van der Waals surface area contributed by atoms with Crippen molar-refractivity contribution in [1.82, 2.24) is 15.2 Å². The Labute approximate surface area is 134 Å². The van der Waals surface area contributed by atoms with Gasteiger partial charge in [0.15, 0.2) is 5.69 Å². The van der Waals surface area contributed by atoms with Crippen molar-refractivity contribution in [2.45, 2.75) is 6.92 Å². The fourth-order valence-electron chi connectivity index (χ4n) is 1.68. The van der Waals surface area contributed by atoms with Crippen LogP contribution in [0.25, 0.3) is 0 Å². The van der Waals surface area contributed by atoms with Crippen molar-refractivity contribution in [1.29, 1.82) is 0 Å². The largest absolute Gasteiger partial charge is 0.508 e. The van der Waals surface area contributed by atoms with Crippen molar-refractivity contribution in [2.75, 3.05) is 0 Å². The number of nitrogens with one attached hydrogen (secondary N) is 1. The summed E-state index contributed by atoms with van der Waals surface area (Å²) in [4.78, 5) is 12.0. The number of aromatic hydroxyl groups is 2. The lowest BCUT2D eigenvalue weighted by Crippen LogP contribution is -2.21. The van der Waals surface area contributed by atoms with E-state index < -0.39 is 5.91 Å². The molecule has 0 radical (unpaired) electrons. The highest BCUT2D eigenvalue weighted by Crippen LogP contribution is 2.22. The Morgan fingerprint density at radius 2 is 2.14 bits per heavy atom. The predicted octanol–water partition coefficient (Wildman–Crippen LogP) is 1.59. The molecule has 0 spiro atoms. The summed E-state index contributed by atoms with van der Waals surface area (Å²) in [7, 11) is 1.72. The number of carbonyl (C=O) groups excluding carboxylic acids is 1. The van der Waals surface area contributed by atoms with E-state index in [1.54, 1.807) is 20.2 Å². The van der Waals surface area contributed by atoms with Gasteiger partial charge in [0.25, 0.3) is 5.91 Å². The van der Waals surface area contributed by atoms with Crippen LogP contribution in [0.4, 0.5) is 0 Å². The first kappa shape index (κ1) is 15.3. The number of nitrogens with zero attached hydrogens (tertiary/aromatic N) is 3. The molecule has 0 saturated carbocycles. The monoisotopic (exact) mass is 400 g/mol. The Morgan fingerprint density at radius 3 is 2.76 bits per heavy atom. The third-order valence-electron chi connectivity index (χ3n) is 2.69. The number of hydrogen-bond acceptors (Lipinski definition) is 5. The Bertz CT molecular complexity index is 724. The van der Waals surface area contributed by atoms with Gasteiger partial charge in [0.05, 0.1) is 9.28 Å². The summed E-state index contributed by atoms with van der Waals surface area (Å²) < 4.78 is 2.24. The molecule has 0 bridgehead atoms. The second-order valence-electron chi connectivity index (χ2n) is 4.34. The quantitative estimate of drug-likeness (QED) is 0.315. The highest BCUT2D eigenvalue weighted by molar-refractivity contribution is 14.1. The van der Waals surface area contributed by atoms with Crippen LogP contribution >= 0.6 is 22.6 Å². The van der Waals surface area contributed by atoms with Gasteiger partial charge in [-0.2, -0.15) is 10.2 Å². The van der Waals surface area contributed by atoms with E-state index in [2.05, 4.69) is 15.6 Å². The molecule has 1 heterocycles. The molecule has 0 unspecified atom stereocenters. The van der Waals surface area contributed by atoms with Gasteiger partial charge in [-0.15, -0.1) is 0 Å². The number of rotatable bonds is 3. The van der Waals surface area contributed by atoms with Crippen LogP contribution in [0.15, 0.2) is 29.5 Å². The summed E-state index contributed by atoms with van der Waals surface area (Å²) in [5.74, 6) is -0.474. The van der Waals surface area contributed by atoms with Crippen molar-refractivity contribution in [2.24, 2.45) is 12.1 Å². The van der Waals surface area contributed by atoms with Gasteiger partial charge in [0, 0.05) is 18.8 Å². The highest BCUT2D eigenvalue weighted by atomic mass is 127. The lowest BCUT2D eigenvalue weighted by molar-refractivity contribution is 0.0948. The average molecular weight is 400 g/mol. The zero-order valence-corrected chi connectivity index (χ0v) is 13.5. The number of hydrogen-bond donors (Lipinski definition) is 3. The van der Waals surface area contributed by atoms with Gasteiger partial charge in [-0.05, 0) is 47.7 Å². The van der Waals surface area contributed by atoms with Crippen molar-refractivity contribution >= 4 is 34.2 Å². The van der Waals surface area contributed by atoms with Gasteiger partial charge in [0.1, 0.15) is 11.5 Å². The molecule has 1 amide bonds. The Balaban J connectivity index is 2.19. The lowest BCUT2D eigenvalue weighted by atomic mass is 10.1. The Kier molecular flexibility index (Phi) is 4.46. The summed E-state index contributed by atoms with van der Waals surface area (Å²) in [5, 5.41) is 27.1. The standard InChI is InChI=1S/C13H13IN4O3/c1-7(9-5-8(19)3-4-11(9)20)15-16-13(21)12-10(14)6-18(2)17-12/h3-6,19-20H,1-2H3,(H,16,21)/b15-7+. The normalized spacial score (nSPS) is 11.5. The summed E-state index contributed by atoms with van der Waals surface area (Å²) in [5.41, 5.74) is 3.35. The molecule has 0 aliphatic rings. The minimum Gasteiger partial charge on any atom is -0.508 e. The summed E-state index contributed by atoms with van der Waals surface area (Å²) in [6, 6.07) is 4.08. The fourth-order valence-corrected chi connectivity index (χ4v) is 2.43. The topological polar surface area (TPSA) is 99.7 Å². The van der Waals surface area contributed by atoms with Crippen molar-refractivity contribution in [3.63, 3.8) is 0 Å². The number of aromatic nitrogens is 2. The first-order valence-electron chi connectivity index (χ1n) is 5.94. The van der Waals surface area contributed by atoms with Gasteiger partial charge in [-0.1, -0.05) is 0 Å². The Hall–Kier alpha value is -2.10. The van der Waals surface area contributed by atoms with Crippen LogP contribution in [-0.2, 0) is 7.05 Å². The van der Waals surface area contributed by atoms with Gasteiger partial charge in [-0.3, -0.25) is 9.48 Å². The van der Waals surface area contributed by atoms with Crippen molar-refractivity contribution in [3.8, 4) is 11.5 Å². The molecule has 2 aromatic rings. The smallest absolute Gasteiger partial charge is 0.292 e. The third-order valence-corrected chi connectivity index (χ3v) is 3.48. The lowest BCUT2D eigenvalue weighted by Gasteiger charge is -2.05. The van der Waals surface area contributed by atoms with Crippen LogP contribution in [0.2, 0.25) is 0 Å². The minimum atomic E-state index is -0.445. The van der Waals surface area contributed by atoms with Gasteiger partial charge < -0.3 is 10.2 Å². The molecule has 1 aromatic heterocycles. The molecule has 0 saturated heterocycles. The molecule has 0 aliphatic heterocycles. The van der Waals surface area contributed by atoms with E-state index in [0.29, 0.717) is 14.8 Å². The van der Waals surface area contributed by atoms with Crippen molar-refractivity contribution in [3.05, 3.63) is 39.2 Å². The maximum atomic E-state index is 12.0. The molecule has 110 valence electrons. The fraction of sp³-hybridized carbons (Fsp3) is 0.154. The zero-order valence-electron chi connectivity index (χ0n) is 11.3. The molecule has 8 heteroatoms. The molecular weight excluding hydrogens is 387 g/mol. The molecule has 3 N–H and O–H groups in total. The maximum Gasteiger partial charge on any atom is 0.292 e. The molecule has 0 fully saturated rings. The molecule has 0 atom stereocenters. The summed E-state index contributed by atoms with van der Waals surface area (Å²) in [6.45, 7) is 1.61. The predicted molar refractivity (Wildman–Crippen MR) is 85.4 cm³/mol. The first-order valence-corrected chi connectivity index (χ1v) is 7.02. The van der Waals surface area contributed by atoms with Crippen molar-refractivity contribution < 1.29 is 15.0 Å². The molecule has 21 heavy (non-hydrogen) atoms. The van der Waals surface area contributed by atoms with E-state index in [-0.39, 0.29) is 17.2 Å². The third kappa shape index (κ3) is 3.51. The van der Waals surface area contributed by atoms with Crippen LogP contribution in [-0.4, -0.2) is 31.6 Å². The van der Waals surface area contributed by atoms with Gasteiger partial charge >= 0.3 is 0 Å². The Morgan fingerprint density at radius 1 is 1.43 bits per heavy atom. The van der Waals surface area contributed by atoms with Gasteiger partial charge in [-0.25, -0.2) is 5.43 Å². The van der Waals surface area contributed by atoms with Crippen LogP contribution in [0.3, 0.4) is 0 Å². The number of amides is 1. The van der Waals surface area contributed by atoms with Crippen LogP contribution in [0.5, 0.6) is 11.5 Å². The zero-order chi connectivity index (χ0) is 15.6. The van der Waals surface area contributed by atoms with Crippen LogP contribution < -0.4 is 5.43 Å². The number of halogens is 1. The molecule has 7 nitrogen and oxygen atoms in total. The summed E-state index contributed by atoms with van der Waals surface area (Å²) >= 11 is 2.01. The second-order valence-corrected chi connectivity index (χ2v) is 5.50. The number of phenolic OH excluding ortho intramolecular Hbond substituents is 2. The number of aryl methyl sites for hydroxylation is 1. The molecule has 1 aromatic carbocycles. The van der Waals surface area contributed by atoms with E-state index in [9.17, 15) is 15.0 Å². The van der Waals surface area contributed by atoms with E-state index in [1.165, 1.54) is 22.9 Å².